The fourth-order valence-electron chi connectivity index (χ4n) is 4.94. The van der Waals surface area contributed by atoms with Gasteiger partial charge >= 0.3 is 6.09 Å². The molecular weight excluding hydrogens is 438 g/mol. The van der Waals surface area contributed by atoms with E-state index in [0.717, 1.165) is 53.2 Å². The number of aryl methyl sites for hydroxylation is 1. The molecule has 0 radical (unpaired) electrons. The first kappa shape index (κ1) is 21.9. The molecule has 9 nitrogen and oxygen atoms in total. The molecule has 2 atom stereocenters. The van der Waals surface area contributed by atoms with Gasteiger partial charge in [-0.15, -0.1) is 11.3 Å². The molecule has 0 spiro atoms. The number of H-pyrrole nitrogens is 1. The molecule has 33 heavy (non-hydrogen) atoms. The highest BCUT2D eigenvalue weighted by Gasteiger charge is 2.46. The maximum absolute atomic E-state index is 12.8. The third-order valence-electron chi connectivity index (χ3n) is 6.44. The summed E-state index contributed by atoms with van der Waals surface area (Å²) >= 11 is 1.60. The van der Waals surface area contributed by atoms with E-state index in [9.17, 15) is 4.79 Å². The van der Waals surface area contributed by atoms with Gasteiger partial charge in [-0.3, -0.25) is 5.10 Å². The van der Waals surface area contributed by atoms with Crippen molar-refractivity contribution in [3.8, 4) is 0 Å². The molecule has 5 rings (SSSR count). The van der Waals surface area contributed by atoms with Crippen molar-refractivity contribution in [1.82, 2.24) is 25.1 Å². The Morgan fingerprint density at radius 3 is 2.64 bits per heavy atom. The summed E-state index contributed by atoms with van der Waals surface area (Å²) in [5.74, 6) is 2.18. The fraction of sp³-hybridized carbons (Fsp3) is 0.565. The van der Waals surface area contributed by atoms with Gasteiger partial charge in [-0.1, -0.05) is 0 Å². The molecule has 0 saturated carbocycles. The van der Waals surface area contributed by atoms with Gasteiger partial charge < -0.3 is 19.9 Å². The van der Waals surface area contributed by atoms with E-state index in [4.69, 9.17) is 14.7 Å². The fourth-order valence-corrected chi connectivity index (χ4v) is 5.70. The van der Waals surface area contributed by atoms with E-state index in [2.05, 4.69) is 27.5 Å². The maximum Gasteiger partial charge on any atom is 0.410 e. The van der Waals surface area contributed by atoms with E-state index in [-0.39, 0.29) is 24.2 Å². The summed E-state index contributed by atoms with van der Waals surface area (Å²) in [7, 11) is 2.06. The number of carbonyl (C=O) groups excluding carboxylic acids is 1. The molecular formula is C23H31N7O2S. The van der Waals surface area contributed by atoms with Crippen molar-refractivity contribution in [3.05, 3.63) is 23.2 Å². The van der Waals surface area contributed by atoms with E-state index in [1.807, 2.05) is 50.1 Å². The van der Waals surface area contributed by atoms with Crippen LogP contribution in [0, 0.1) is 6.92 Å². The lowest BCUT2D eigenvalue weighted by molar-refractivity contribution is 0.00596. The summed E-state index contributed by atoms with van der Waals surface area (Å²) in [6, 6.07) is 4.64. The normalized spacial score (nSPS) is 22.6. The lowest BCUT2D eigenvalue weighted by Crippen LogP contribution is -2.53. The summed E-state index contributed by atoms with van der Waals surface area (Å²) < 4.78 is 5.69. The van der Waals surface area contributed by atoms with Crippen molar-refractivity contribution < 1.29 is 9.53 Å². The van der Waals surface area contributed by atoms with Gasteiger partial charge in [-0.05, 0) is 64.8 Å². The SMILES string of the molecule is Cc1cc(Nc2nc(N(C)C3CC4CCC(C3)N4C(=O)OC(C)(C)C)nc3sccc23)n[nH]1. The van der Waals surface area contributed by atoms with Gasteiger partial charge in [-0.2, -0.15) is 10.1 Å². The second-order valence-electron chi connectivity index (χ2n) is 10.1. The number of amides is 1. The Bertz CT molecular complexity index is 1150. The van der Waals surface area contributed by atoms with Crippen molar-refractivity contribution in [2.45, 2.75) is 77.1 Å². The maximum atomic E-state index is 12.8. The lowest BCUT2D eigenvalue weighted by Gasteiger charge is -2.42. The number of hydrogen-bond acceptors (Lipinski definition) is 8. The second kappa shape index (κ2) is 8.16. The minimum absolute atomic E-state index is 0.187. The molecule has 2 unspecified atom stereocenters. The highest BCUT2D eigenvalue weighted by Crippen LogP contribution is 2.39. The summed E-state index contributed by atoms with van der Waals surface area (Å²) in [6.07, 6.45) is 3.63. The van der Waals surface area contributed by atoms with Crippen LogP contribution in [0.2, 0.25) is 0 Å². The zero-order valence-corrected chi connectivity index (χ0v) is 20.6. The van der Waals surface area contributed by atoms with Gasteiger partial charge in [0, 0.05) is 36.9 Å². The number of ether oxygens (including phenoxy) is 1. The average molecular weight is 470 g/mol. The average Bonchev–Trinajstić information content (AvgIpc) is 3.44. The van der Waals surface area contributed by atoms with Gasteiger partial charge in [-0.25, -0.2) is 9.78 Å². The standard InChI is InChI=1S/C23H31N7O2S/c1-13-10-18(28-27-13)24-19-17-8-9-33-20(17)26-21(25-19)29(5)16-11-14-6-7-15(12-16)30(14)22(31)32-23(2,3)4/h8-10,14-16H,6-7,11-12H2,1-5H3,(H2,24,25,26,27,28). The second-order valence-corrected chi connectivity index (χ2v) is 11.0. The third kappa shape index (κ3) is 4.36. The first-order valence-electron chi connectivity index (χ1n) is 11.5. The lowest BCUT2D eigenvalue weighted by atomic mass is 9.97. The minimum atomic E-state index is -0.482. The number of nitrogens with zero attached hydrogens (tertiary/aromatic N) is 5. The Kier molecular flexibility index (Phi) is 5.43. The van der Waals surface area contributed by atoms with Crippen LogP contribution in [-0.4, -0.2) is 61.9 Å². The molecule has 5 heterocycles. The van der Waals surface area contributed by atoms with E-state index >= 15 is 0 Å². The van der Waals surface area contributed by atoms with Gasteiger partial charge in [0.25, 0.3) is 0 Å². The summed E-state index contributed by atoms with van der Waals surface area (Å²) in [5, 5.41) is 13.6. The number of aromatic nitrogens is 4. The van der Waals surface area contributed by atoms with Crippen LogP contribution in [0.3, 0.4) is 0 Å². The molecule has 2 N–H and O–H groups in total. The Labute approximate surface area is 197 Å². The van der Waals surface area contributed by atoms with E-state index in [1.54, 1.807) is 11.3 Å². The summed E-state index contributed by atoms with van der Waals surface area (Å²) in [4.78, 5) is 27.6. The number of aromatic amines is 1. The molecule has 2 saturated heterocycles. The molecule has 0 aromatic carbocycles. The predicted octanol–water partition coefficient (Wildman–Crippen LogP) is 4.83. The molecule has 2 aliphatic heterocycles. The molecule has 2 fully saturated rings. The number of fused-ring (bicyclic) bond motifs is 3. The van der Waals surface area contributed by atoms with Crippen molar-refractivity contribution in [2.24, 2.45) is 0 Å². The first-order chi connectivity index (χ1) is 15.7. The zero-order valence-electron chi connectivity index (χ0n) is 19.8. The highest BCUT2D eigenvalue weighted by molar-refractivity contribution is 7.16. The number of anilines is 3. The van der Waals surface area contributed by atoms with E-state index in [1.165, 1.54) is 0 Å². The van der Waals surface area contributed by atoms with Gasteiger partial charge in [0.15, 0.2) is 5.82 Å². The summed E-state index contributed by atoms with van der Waals surface area (Å²) in [6.45, 7) is 7.72. The molecule has 176 valence electrons. The van der Waals surface area contributed by atoms with Gasteiger partial charge in [0.1, 0.15) is 16.2 Å². The zero-order chi connectivity index (χ0) is 23.3. The Morgan fingerprint density at radius 1 is 1.27 bits per heavy atom. The molecule has 0 aliphatic carbocycles. The van der Waals surface area contributed by atoms with Crippen LogP contribution in [0.4, 0.5) is 22.4 Å². The molecule has 3 aromatic rings. The van der Waals surface area contributed by atoms with Crippen LogP contribution in [0.5, 0.6) is 0 Å². The van der Waals surface area contributed by atoms with Crippen LogP contribution in [-0.2, 0) is 4.74 Å². The van der Waals surface area contributed by atoms with Crippen LogP contribution < -0.4 is 10.2 Å². The quantitative estimate of drug-likeness (QED) is 0.564. The molecule has 1 amide bonds. The van der Waals surface area contributed by atoms with Crippen molar-refractivity contribution in [3.63, 3.8) is 0 Å². The van der Waals surface area contributed by atoms with Gasteiger partial charge in [0.2, 0.25) is 5.95 Å². The van der Waals surface area contributed by atoms with Gasteiger partial charge in [0.05, 0.1) is 5.39 Å². The van der Waals surface area contributed by atoms with Crippen molar-refractivity contribution >= 4 is 45.2 Å². The van der Waals surface area contributed by atoms with E-state index in [0.29, 0.717) is 5.95 Å². The topological polar surface area (TPSA) is 99.3 Å². The van der Waals surface area contributed by atoms with Crippen LogP contribution >= 0.6 is 11.3 Å². The largest absolute Gasteiger partial charge is 0.444 e. The number of thiophene rings is 1. The number of hydrogen-bond donors (Lipinski definition) is 2. The number of piperidine rings is 1. The number of carbonyl (C=O) groups is 1. The molecule has 2 bridgehead atoms. The summed E-state index contributed by atoms with van der Waals surface area (Å²) in [5.41, 5.74) is 0.502. The smallest absolute Gasteiger partial charge is 0.410 e. The monoisotopic (exact) mass is 469 g/mol. The molecule has 10 heteroatoms. The highest BCUT2D eigenvalue weighted by atomic mass is 32.1. The Hall–Kier alpha value is -2.88. The predicted molar refractivity (Wildman–Crippen MR) is 130 cm³/mol. The Balaban J connectivity index is 1.36. The first-order valence-corrected chi connectivity index (χ1v) is 12.3. The van der Waals surface area contributed by atoms with Crippen molar-refractivity contribution in [2.75, 3.05) is 17.3 Å². The minimum Gasteiger partial charge on any atom is -0.444 e. The van der Waals surface area contributed by atoms with Crippen LogP contribution in [0.1, 0.15) is 52.1 Å². The number of rotatable bonds is 4. The Morgan fingerprint density at radius 2 is 2.00 bits per heavy atom. The van der Waals surface area contributed by atoms with Crippen LogP contribution in [0.25, 0.3) is 10.2 Å². The van der Waals surface area contributed by atoms with E-state index < -0.39 is 5.60 Å². The van der Waals surface area contributed by atoms with Crippen LogP contribution in [0.15, 0.2) is 17.5 Å². The van der Waals surface area contributed by atoms with Crippen molar-refractivity contribution in [1.29, 1.82) is 0 Å². The third-order valence-corrected chi connectivity index (χ3v) is 7.25. The molecule has 2 aliphatic rings. The molecule has 3 aromatic heterocycles. The number of nitrogens with one attached hydrogen (secondary N) is 2.